The van der Waals surface area contributed by atoms with Gasteiger partial charge in [-0.1, -0.05) is 18.2 Å². The number of nitrogens with zero attached hydrogens (tertiary/aromatic N) is 2. The molecule has 0 bridgehead atoms. The maximum absolute atomic E-state index is 13.2. The fraction of sp³-hybridized carbons (Fsp3) is 0.355. The molecule has 0 unspecified atom stereocenters. The number of ether oxygens (including phenoxy) is 1. The van der Waals surface area contributed by atoms with Crippen LogP contribution in [0.2, 0.25) is 0 Å². The first-order valence-electron chi connectivity index (χ1n) is 14.5. The van der Waals surface area contributed by atoms with Crippen LogP contribution in [0.5, 0.6) is 5.75 Å². The van der Waals surface area contributed by atoms with E-state index >= 15 is 0 Å². The molecule has 3 aromatic rings. The molecule has 1 atom stereocenters. The molecule has 46 heavy (non-hydrogen) atoms. The molecule has 3 aliphatic rings. The number of amides is 1. The third-order valence-corrected chi connectivity index (χ3v) is 8.44. The van der Waals surface area contributed by atoms with Crippen LogP contribution >= 0.6 is 15.9 Å². The van der Waals surface area contributed by atoms with E-state index in [1.165, 1.54) is 0 Å². The number of piperidine rings is 1. The number of pyridine rings is 1. The summed E-state index contributed by atoms with van der Waals surface area (Å²) in [6.45, 7) is 2.78. The Hall–Kier alpha value is -4.21. The first-order valence-corrected chi connectivity index (χ1v) is 15.3. The number of benzene rings is 2. The average Bonchev–Trinajstić information content (AvgIpc) is 3.58. The number of rotatable bonds is 8. The molecule has 1 saturated heterocycles. The predicted molar refractivity (Wildman–Crippen MR) is 167 cm³/mol. The van der Waals surface area contributed by atoms with Gasteiger partial charge < -0.3 is 35.5 Å². The Labute approximate surface area is 269 Å². The maximum Gasteiger partial charge on any atom is 0.490 e. The third kappa shape index (κ3) is 7.59. The second kappa shape index (κ2) is 14.1. The van der Waals surface area contributed by atoms with Crippen molar-refractivity contribution in [1.82, 2.24) is 15.2 Å². The molecule has 6 rings (SSSR count). The standard InChI is InChI=1S/C29H30BrN5O4.C2HF3O2/c30-22-3-1-2-4-26(22)39-16-20(36)14-33-23-7-10-32-28(37)27(23)25-12-17-11-18-15-35(19-5-8-31-9-6-19)29(38)21(18)13-24(17)34-25;3-2(4,5)1(6)7/h1-4,7,10-11,13,19-20,31,36H,5-6,8-9,12,14-16H2,(H2,32,33,37);(H,6,7)/t20-;/m1./s1. The van der Waals surface area contributed by atoms with E-state index in [9.17, 15) is 27.9 Å². The van der Waals surface area contributed by atoms with Crippen molar-refractivity contribution in [1.29, 1.82) is 0 Å². The van der Waals surface area contributed by atoms with Crippen molar-refractivity contribution in [2.75, 3.05) is 31.6 Å². The average molecular weight is 707 g/mol. The zero-order chi connectivity index (χ0) is 33.0. The monoisotopic (exact) mass is 705 g/mol. The lowest BCUT2D eigenvalue weighted by atomic mass is 10.00. The number of aliphatic carboxylic acids is 1. The number of H-pyrrole nitrogens is 1. The van der Waals surface area contributed by atoms with E-state index < -0.39 is 18.2 Å². The predicted octanol–water partition coefficient (Wildman–Crippen LogP) is 4.01. The number of fused-ring (bicyclic) bond motifs is 2. The quantitative estimate of drug-likeness (QED) is 0.236. The van der Waals surface area contributed by atoms with Gasteiger partial charge in [-0.05, 0) is 77.3 Å². The van der Waals surface area contributed by atoms with Gasteiger partial charge in [-0.3, -0.25) is 14.6 Å². The summed E-state index contributed by atoms with van der Waals surface area (Å²) in [7, 11) is 0. The zero-order valence-corrected chi connectivity index (χ0v) is 26.0. The van der Waals surface area contributed by atoms with Gasteiger partial charge in [0.05, 0.1) is 27.1 Å². The van der Waals surface area contributed by atoms with Crippen LogP contribution in [-0.2, 0) is 17.8 Å². The van der Waals surface area contributed by atoms with Crippen molar-refractivity contribution < 1.29 is 37.7 Å². The van der Waals surface area contributed by atoms with E-state index in [2.05, 4.69) is 37.6 Å². The Balaban J connectivity index is 0.000000537. The van der Waals surface area contributed by atoms with Gasteiger partial charge in [0.1, 0.15) is 18.5 Å². The molecule has 15 heteroatoms. The fourth-order valence-corrected chi connectivity index (χ4v) is 5.94. The fourth-order valence-electron chi connectivity index (χ4n) is 5.54. The smallest absolute Gasteiger partial charge is 0.490 e. The number of aromatic amines is 1. The molecule has 3 aliphatic heterocycles. The number of aliphatic hydroxyl groups excluding tert-OH is 1. The minimum atomic E-state index is -5.08. The van der Waals surface area contributed by atoms with Gasteiger partial charge in [0, 0.05) is 37.3 Å². The summed E-state index contributed by atoms with van der Waals surface area (Å²) in [6, 6.07) is 13.4. The van der Waals surface area contributed by atoms with Crippen molar-refractivity contribution in [2.24, 2.45) is 4.99 Å². The first kappa shape index (κ1) is 33.2. The van der Waals surface area contributed by atoms with Gasteiger partial charge in [0.2, 0.25) is 0 Å². The number of carbonyl (C=O) groups is 2. The lowest BCUT2D eigenvalue weighted by Crippen LogP contribution is -2.43. The van der Waals surface area contributed by atoms with Gasteiger partial charge in [0.15, 0.2) is 0 Å². The molecule has 1 fully saturated rings. The number of carboxylic acids is 1. The van der Waals surface area contributed by atoms with Crippen molar-refractivity contribution in [3.05, 3.63) is 85.7 Å². The minimum Gasteiger partial charge on any atom is -0.490 e. The summed E-state index contributed by atoms with van der Waals surface area (Å²) >= 11 is 3.43. The molecule has 5 N–H and O–H groups in total. The highest BCUT2D eigenvalue weighted by atomic mass is 79.9. The summed E-state index contributed by atoms with van der Waals surface area (Å²) in [5.74, 6) is -2.04. The molecule has 0 aliphatic carbocycles. The number of hydrogen-bond acceptors (Lipinski definition) is 8. The van der Waals surface area contributed by atoms with Gasteiger partial charge in [-0.15, -0.1) is 0 Å². The van der Waals surface area contributed by atoms with Crippen LogP contribution in [0.3, 0.4) is 0 Å². The molecule has 2 aromatic carbocycles. The Morgan fingerprint density at radius 2 is 1.87 bits per heavy atom. The van der Waals surface area contributed by atoms with Crippen LogP contribution in [0.15, 0.2) is 62.9 Å². The van der Waals surface area contributed by atoms with Crippen LogP contribution in [0.4, 0.5) is 24.5 Å². The normalized spacial score (nSPS) is 16.6. The number of halogens is 4. The Morgan fingerprint density at radius 1 is 1.15 bits per heavy atom. The Kier molecular flexibility index (Phi) is 10.1. The number of carboxylic acid groups (broad SMARTS) is 1. The highest BCUT2D eigenvalue weighted by Crippen LogP contribution is 2.37. The topological polar surface area (TPSA) is 156 Å². The molecule has 0 saturated carbocycles. The van der Waals surface area contributed by atoms with Crippen molar-refractivity contribution in [2.45, 2.75) is 44.1 Å². The molecule has 4 heterocycles. The van der Waals surface area contributed by atoms with Crippen LogP contribution in [0, 0.1) is 0 Å². The van der Waals surface area contributed by atoms with Crippen molar-refractivity contribution in [3.8, 4) is 5.75 Å². The van der Waals surface area contributed by atoms with E-state index in [1.54, 1.807) is 12.3 Å². The van der Waals surface area contributed by atoms with Crippen molar-refractivity contribution in [3.63, 3.8) is 0 Å². The largest absolute Gasteiger partial charge is 0.490 e. The van der Waals surface area contributed by atoms with E-state index in [0.717, 1.165) is 47.2 Å². The van der Waals surface area contributed by atoms with Gasteiger partial charge in [-0.25, -0.2) is 4.79 Å². The van der Waals surface area contributed by atoms with Crippen LogP contribution in [0.25, 0.3) is 0 Å². The maximum atomic E-state index is 13.2. The van der Waals surface area contributed by atoms with Crippen LogP contribution < -0.4 is 20.9 Å². The SMILES string of the molecule is O=C(O)C(F)(F)F.O=C1c2cc3c(cc2CN1C1CCNCC1)CC(c1c(NC[C@@H](O)COc2ccccc2Br)cc[nH]c1=O)=N3. The highest BCUT2D eigenvalue weighted by Gasteiger charge is 2.38. The van der Waals surface area contributed by atoms with Gasteiger partial charge >= 0.3 is 12.1 Å². The van der Waals surface area contributed by atoms with E-state index in [1.807, 2.05) is 35.2 Å². The molecule has 0 radical (unpaired) electrons. The molecular formula is C31H31BrF3N5O6. The summed E-state index contributed by atoms with van der Waals surface area (Å²) in [5.41, 5.74) is 4.90. The molecule has 11 nitrogen and oxygen atoms in total. The number of aliphatic hydroxyl groups is 1. The molecule has 1 amide bonds. The van der Waals surface area contributed by atoms with E-state index in [0.29, 0.717) is 41.2 Å². The zero-order valence-electron chi connectivity index (χ0n) is 24.4. The number of anilines is 1. The number of nitrogens with one attached hydrogen (secondary N) is 3. The van der Waals surface area contributed by atoms with Crippen molar-refractivity contribution >= 4 is 44.9 Å². The summed E-state index contributed by atoms with van der Waals surface area (Å²) < 4.78 is 38.3. The number of carbonyl (C=O) groups excluding carboxylic acids is 1. The number of para-hydroxylation sites is 1. The van der Waals surface area contributed by atoms with Gasteiger partial charge in [-0.2, -0.15) is 13.2 Å². The van der Waals surface area contributed by atoms with E-state index in [-0.39, 0.29) is 30.7 Å². The number of alkyl halides is 3. The molecule has 244 valence electrons. The second-order valence-corrected chi connectivity index (χ2v) is 11.8. The number of aliphatic imine (C=N–C) groups is 1. The summed E-state index contributed by atoms with van der Waals surface area (Å²) in [6.07, 6.45) is -1.87. The molecule has 1 aromatic heterocycles. The number of hydrogen-bond donors (Lipinski definition) is 5. The summed E-state index contributed by atoms with van der Waals surface area (Å²) in [5, 5.41) is 24.2. The van der Waals surface area contributed by atoms with Crippen LogP contribution in [-0.4, -0.2) is 82.2 Å². The summed E-state index contributed by atoms with van der Waals surface area (Å²) in [4.78, 5) is 44.6. The lowest BCUT2D eigenvalue weighted by Gasteiger charge is -2.31. The highest BCUT2D eigenvalue weighted by molar-refractivity contribution is 9.10. The third-order valence-electron chi connectivity index (χ3n) is 7.79. The van der Waals surface area contributed by atoms with Gasteiger partial charge in [0.25, 0.3) is 11.5 Å². The Morgan fingerprint density at radius 3 is 2.57 bits per heavy atom. The lowest BCUT2D eigenvalue weighted by molar-refractivity contribution is -0.192. The minimum absolute atomic E-state index is 0.0713. The Bertz CT molecular complexity index is 1710. The number of aromatic nitrogens is 1. The van der Waals surface area contributed by atoms with Crippen LogP contribution in [0.1, 0.15) is 39.9 Å². The molecular weight excluding hydrogens is 675 g/mol. The first-order chi connectivity index (χ1) is 21.9. The van der Waals surface area contributed by atoms with E-state index in [4.69, 9.17) is 19.6 Å². The molecule has 0 spiro atoms. The second-order valence-electron chi connectivity index (χ2n) is 11.0.